The fraction of sp³-hybridized carbons (Fsp3) is 0.0455. The van der Waals surface area contributed by atoms with E-state index in [1.54, 1.807) is 0 Å². The molecule has 0 fully saturated rings. The molecule has 0 saturated carbocycles. The standard InChI is InChI=1S/C22H17ClN2O/c1-15-7-9-16(10-8-15)22-14-20(25-24-18-5-3-2-4-6-18)19-13-17(23)11-12-21(19)26-22/h2-14,24H,1H3/b25-20-. The molecule has 0 atom stereocenters. The summed E-state index contributed by atoms with van der Waals surface area (Å²) in [6, 6.07) is 25.5. The first-order chi connectivity index (χ1) is 12.7. The minimum Gasteiger partial charge on any atom is -0.456 e. The van der Waals surface area contributed by atoms with Gasteiger partial charge in [0.05, 0.1) is 11.0 Å². The fourth-order valence-electron chi connectivity index (χ4n) is 2.73. The number of halogens is 1. The summed E-state index contributed by atoms with van der Waals surface area (Å²) in [5.41, 5.74) is 6.96. The average molecular weight is 361 g/mol. The molecule has 0 unspecified atom stereocenters. The van der Waals surface area contributed by atoms with Crippen LogP contribution in [0.5, 0.6) is 0 Å². The van der Waals surface area contributed by atoms with Crippen molar-refractivity contribution in [3.8, 4) is 11.3 Å². The number of hydrogen-bond acceptors (Lipinski definition) is 3. The molecule has 1 N–H and O–H groups in total. The van der Waals surface area contributed by atoms with Crippen molar-refractivity contribution in [3.63, 3.8) is 0 Å². The van der Waals surface area contributed by atoms with E-state index in [1.165, 1.54) is 5.56 Å². The van der Waals surface area contributed by atoms with E-state index < -0.39 is 0 Å². The zero-order valence-electron chi connectivity index (χ0n) is 14.2. The predicted molar refractivity (Wildman–Crippen MR) is 107 cm³/mol. The van der Waals surface area contributed by atoms with Gasteiger partial charge in [0, 0.05) is 22.0 Å². The maximum atomic E-state index is 6.18. The maximum Gasteiger partial charge on any atom is 0.137 e. The topological polar surface area (TPSA) is 37.5 Å². The van der Waals surface area contributed by atoms with E-state index >= 15 is 0 Å². The molecular formula is C22H17ClN2O. The molecule has 0 spiro atoms. The second-order valence-corrected chi connectivity index (χ2v) is 6.53. The van der Waals surface area contributed by atoms with E-state index in [0.717, 1.165) is 33.3 Å². The predicted octanol–water partition coefficient (Wildman–Crippen LogP) is 5.99. The molecule has 3 aromatic carbocycles. The van der Waals surface area contributed by atoms with Gasteiger partial charge in [-0.1, -0.05) is 59.6 Å². The SMILES string of the molecule is Cc1ccc(-c2c/c(=N/Nc3ccccc3)c3cc(Cl)ccc3o2)cc1. The van der Waals surface area contributed by atoms with Crippen LogP contribution in [0.25, 0.3) is 22.3 Å². The van der Waals surface area contributed by atoms with Crippen molar-refractivity contribution in [1.29, 1.82) is 0 Å². The third kappa shape index (κ3) is 3.48. The molecule has 128 valence electrons. The van der Waals surface area contributed by atoms with Crippen molar-refractivity contribution in [1.82, 2.24) is 0 Å². The summed E-state index contributed by atoms with van der Waals surface area (Å²) in [5, 5.41) is 6.86. The molecule has 1 aromatic heterocycles. The van der Waals surface area contributed by atoms with E-state index in [1.807, 2.05) is 66.7 Å². The second-order valence-electron chi connectivity index (χ2n) is 6.09. The highest BCUT2D eigenvalue weighted by Gasteiger charge is 2.07. The lowest BCUT2D eigenvalue weighted by Gasteiger charge is -2.06. The monoisotopic (exact) mass is 360 g/mol. The normalized spacial score (nSPS) is 11.7. The third-order valence-corrected chi connectivity index (χ3v) is 4.36. The van der Waals surface area contributed by atoms with Crippen LogP contribution in [0.4, 0.5) is 5.69 Å². The first kappa shape index (κ1) is 16.4. The van der Waals surface area contributed by atoms with Crippen molar-refractivity contribution in [2.45, 2.75) is 6.92 Å². The molecule has 0 aliphatic carbocycles. The van der Waals surface area contributed by atoms with Gasteiger partial charge in [0.15, 0.2) is 0 Å². The van der Waals surface area contributed by atoms with Crippen LogP contribution in [-0.2, 0) is 0 Å². The minimum atomic E-state index is 0.645. The van der Waals surface area contributed by atoms with Crippen molar-refractivity contribution < 1.29 is 4.42 Å². The molecule has 4 rings (SSSR count). The molecule has 1 heterocycles. The third-order valence-electron chi connectivity index (χ3n) is 4.12. The highest BCUT2D eigenvalue weighted by molar-refractivity contribution is 6.31. The second kappa shape index (κ2) is 7.06. The number of nitrogens with zero attached hydrogens (tertiary/aromatic N) is 1. The number of nitrogens with one attached hydrogen (secondary N) is 1. The van der Waals surface area contributed by atoms with Crippen LogP contribution in [0.2, 0.25) is 5.02 Å². The molecule has 26 heavy (non-hydrogen) atoms. The van der Waals surface area contributed by atoms with Gasteiger partial charge < -0.3 is 4.42 Å². The van der Waals surface area contributed by atoms with Crippen LogP contribution >= 0.6 is 11.6 Å². The fourth-order valence-corrected chi connectivity index (χ4v) is 2.90. The van der Waals surface area contributed by atoms with Gasteiger partial charge in [-0.2, -0.15) is 5.10 Å². The van der Waals surface area contributed by atoms with Gasteiger partial charge in [-0.05, 0) is 37.3 Å². The Balaban J connectivity index is 1.88. The van der Waals surface area contributed by atoms with Gasteiger partial charge in [0.1, 0.15) is 11.3 Å². The Morgan fingerprint density at radius 1 is 0.885 bits per heavy atom. The number of fused-ring (bicyclic) bond motifs is 1. The summed E-state index contributed by atoms with van der Waals surface area (Å²) in [6.07, 6.45) is 0. The van der Waals surface area contributed by atoms with E-state index in [0.29, 0.717) is 5.02 Å². The van der Waals surface area contributed by atoms with Crippen LogP contribution in [0.15, 0.2) is 88.4 Å². The van der Waals surface area contributed by atoms with Crippen molar-refractivity contribution in [3.05, 3.63) is 94.8 Å². The van der Waals surface area contributed by atoms with Crippen LogP contribution in [-0.4, -0.2) is 0 Å². The molecule has 3 nitrogen and oxygen atoms in total. The van der Waals surface area contributed by atoms with E-state index in [-0.39, 0.29) is 0 Å². The number of hydrogen-bond donors (Lipinski definition) is 1. The first-order valence-electron chi connectivity index (χ1n) is 8.34. The molecule has 0 bridgehead atoms. The van der Waals surface area contributed by atoms with Gasteiger partial charge in [-0.15, -0.1) is 0 Å². The Bertz CT molecular complexity index is 1120. The van der Waals surface area contributed by atoms with Crippen molar-refractivity contribution >= 4 is 28.3 Å². The minimum absolute atomic E-state index is 0.645. The molecule has 4 aromatic rings. The number of anilines is 1. The van der Waals surface area contributed by atoms with Gasteiger partial charge in [-0.3, -0.25) is 5.43 Å². The smallest absolute Gasteiger partial charge is 0.137 e. The lowest BCUT2D eigenvalue weighted by Crippen LogP contribution is -2.07. The average Bonchev–Trinajstić information content (AvgIpc) is 2.67. The summed E-state index contributed by atoms with van der Waals surface area (Å²) in [7, 11) is 0. The largest absolute Gasteiger partial charge is 0.456 e. The molecule has 0 aliphatic heterocycles. The molecule has 0 saturated heterocycles. The lowest BCUT2D eigenvalue weighted by atomic mass is 10.1. The van der Waals surface area contributed by atoms with Gasteiger partial charge in [-0.25, -0.2) is 0 Å². The number of aryl methyl sites for hydroxylation is 1. The van der Waals surface area contributed by atoms with Crippen LogP contribution in [0.1, 0.15) is 5.56 Å². The van der Waals surface area contributed by atoms with Gasteiger partial charge in [0.25, 0.3) is 0 Å². The van der Waals surface area contributed by atoms with E-state index in [9.17, 15) is 0 Å². The highest BCUT2D eigenvalue weighted by atomic mass is 35.5. The first-order valence-corrected chi connectivity index (χ1v) is 8.72. The number of rotatable bonds is 3. The molecule has 4 heteroatoms. The number of benzene rings is 3. The highest BCUT2D eigenvalue weighted by Crippen LogP contribution is 2.24. The molecule has 0 amide bonds. The quantitative estimate of drug-likeness (QED) is 0.456. The maximum absolute atomic E-state index is 6.18. The summed E-state index contributed by atoms with van der Waals surface area (Å²) >= 11 is 6.18. The van der Waals surface area contributed by atoms with Crippen LogP contribution < -0.4 is 10.8 Å². The van der Waals surface area contributed by atoms with Crippen molar-refractivity contribution in [2.75, 3.05) is 5.43 Å². The Morgan fingerprint density at radius 3 is 2.42 bits per heavy atom. The Morgan fingerprint density at radius 2 is 1.65 bits per heavy atom. The van der Waals surface area contributed by atoms with Crippen LogP contribution in [0.3, 0.4) is 0 Å². The summed E-state index contributed by atoms with van der Waals surface area (Å²) < 4.78 is 6.09. The Kier molecular flexibility index (Phi) is 4.46. The van der Waals surface area contributed by atoms with E-state index in [2.05, 4.69) is 29.6 Å². The van der Waals surface area contributed by atoms with Gasteiger partial charge in [0.2, 0.25) is 0 Å². The zero-order chi connectivity index (χ0) is 17.9. The van der Waals surface area contributed by atoms with Crippen molar-refractivity contribution in [2.24, 2.45) is 5.10 Å². The summed E-state index contributed by atoms with van der Waals surface area (Å²) in [4.78, 5) is 0. The van der Waals surface area contributed by atoms with E-state index in [4.69, 9.17) is 16.0 Å². The Hall–Kier alpha value is -3.04. The van der Waals surface area contributed by atoms with Gasteiger partial charge >= 0.3 is 0 Å². The molecule has 0 radical (unpaired) electrons. The summed E-state index contributed by atoms with van der Waals surface area (Å²) in [6.45, 7) is 2.06. The molecule has 0 aliphatic rings. The molecular weight excluding hydrogens is 344 g/mol. The summed E-state index contributed by atoms with van der Waals surface area (Å²) in [5.74, 6) is 0.758. The zero-order valence-corrected chi connectivity index (χ0v) is 15.0. The number of para-hydroxylation sites is 1. The van der Waals surface area contributed by atoms with Crippen LogP contribution in [0, 0.1) is 6.92 Å². The lowest BCUT2D eigenvalue weighted by molar-refractivity contribution is 0.618. The Labute approximate surface area is 156 Å².